The molecule has 2 heterocycles. The summed E-state index contributed by atoms with van der Waals surface area (Å²) in [5, 5.41) is 3.40. The van der Waals surface area contributed by atoms with Gasteiger partial charge in [-0.1, -0.05) is 20.8 Å². The molecule has 1 N–H and O–H groups in total. The number of nitrogens with zero attached hydrogens (tertiary/aromatic N) is 2. The van der Waals surface area contributed by atoms with E-state index < -0.39 is 0 Å². The fourth-order valence-corrected chi connectivity index (χ4v) is 2.73. The van der Waals surface area contributed by atoms with Crippen molar-refractivity contribution < 1.29 is 4.42 Å². The number of aromatic nitrogens is 2. The molecule has 0 aromatic carbocycles. The van der Waals surface area contributed by atoms with Crippen LogP contribution in [0.4, 0.5) is 5.82 Å². The summed E-state index contributed by atoms with van der Waals surface area (Å²) in [6.45, 7) is 9.48. The Labute approximate surface area is 139 Å². The van der Waals surface area contributed by atoms with Gasteiger partial charge in [0.1, 0.15) is 5.82 Å². The van der Waals surface area contributed by atoms with E-state index in [9.17, 15) is 0 Å². The number of furan rings is 1. The van der Waals surface area contributed by atoms with Crippen LogP contribution in [0.5, 0.6) is 0 Å². The Hall–Kier alpha value is -1.11. The largest absolute Gasteiger partial charge is 0.461 e. The summed E-state index contributed by atoms with van der Waals surface area (Å²) in [6.07, 6.45) is 3.69. The highest BCUT2D eigenvalue weighted by molar-refractivity contribution is 14.1. The fraction of sp³-hybridized carbons (Fsp3) is 0.500. The van der Waals surface area contributed by atoms with Gasteiger partial charge >= 0.3 is 0 Å². The zero-order valence-electron chi connectivity index (χ0n) is 13.0. The number of nitrogens with one attached hydrogen (secondary N) is 1. The van der Waals surface area contributed by atoms with Gasteiger partial charge in [-0.2, -0.15) is 0 Å². The van der Waals surface area contributed by atoms with Crippen LogP contribution in [0.15, 0.2) is 16.7 Å². The van der Waals surface area contributed by atoms with Gasteiger partial charge in [0.25, 0.3) is 0 Å². The van der Waals surface area contributed by atoms with Crippen molar-refractivity contribution in [1.29, 1.82) is 0 Å². The van der Waals surface area contributed by atoms with Crippen LogP contribution in [0.2, 0.25) is 0 Å². The lowest BCUT2D eigenvalue weighted by molar-refractivity contribution is 0.573. The Morgan fingerprint density at radius 2 is 2.10 bits per heavy atom. The highest BCUT2D eigenvalue weighted by Crippen LogP contribution is 2.27. The van der Waals surface area contributed by atoms with Gasteiger partial charge < -0.3 is 9.73 Å². The van der Waals surface area contributed by atoms with Crippen LogP contribution in [-0.4, -0.2) is 16.5 Å². The standard InChI is InChI=1S/C16H22IN3O/c1-5-7-18-15-13(17)12(9-10(2)3)19-16(20-15)14-11(4)6-8-21-14/h6,8,10H,5,7,9H2,1-4H3,(H,18,19,20). The van der Waals surface area contributed by atoms with Gasteiger partial charge in [-0.05, 0) is 59.9 Å². The van der Waals surface area contributed by atoms with Crippen LogP contribution in [0, 0.1) is 16.4 Å². The van der Waals surface area contributed by atoms with E-state index in [1.165, 1.54) is 0 Å². The number of anilines is 1. The van der Waals surface area contributed by atoms with Crippen molar-refractivity contribution in [2.24, 2.45) is 5.92 Å². The van der Waals surface area contributed by atoms with E-state index in [4.69, 9.17) is 9.40 Å². The third-order valence-corrected chi connectivity index (χ3v) is 4.26. The third kappa shape index (κ3) is 3.96. The molecule has 0 aliphatic carbocycles. The smallest absolute Gasteiger partial charge is 0.198 e. The van der Waals surface area contributed by atoms with Gasteiger partial charge in [0.15, 0.2) is 11.6 Å². The van der Waals surface area contributed by atoms with Gasteiger partial charge in [-0.15, -0.1) is 0 Å². The van der Waals surface area contributed by atoms with Gasteiger partial charge in [0, 0.05) is 6.54 Å². The summed E-state index contributed by atoms with van der Waals surface area (Å²) in [6, 6.07) is 1.94. The molecule has 0 saturated heterocycles. The molecule has 0 bridgehead atoms. The second-order valence-electron chi connectivity index (χ2n) is 5.61. The Morgan fingerprint density at radius 1 is 1.33 bits per heavy atom. The number of aryl methyl sites for hydroxylation is 1. The summed E-state index contributed by atoms with van der Waals surface area (Å²) >= 11 is 2.34. The van der Waals surface area contributed by atoms with Gasteiger partial charge in [0.05, 0.1) is 15.5 Å². The first-order valence-electron chi connectivity index (χ1n) is 7.37. The molecule has 0 atom stereocenters. The molecule has 114 valence electrons. The summed E-state index contributed by atoms with van der Waals surface area (Å²) in [5.41, 5.74) is 2.15. The lowest BCUT2D eigenvalue weighted by Crippen LogP contribution is -2.10. The molecule has 0 radical (unpaired) electrons. The maximum atomic E-state index is 5.55. The minimum atomic E-state index is 0.554. The quantitative estimate of drug-likeness (QED) is 0.718. The normalized spacial score (nSPS) is 11.1. The average molecular weight is 399 g/mol. The van der Waals surface area contributed by atoms with Crippen molar-refractivity contribution in [3.63, 3.8) is 0 Å². The second kappa shape index (κ2) is 7.24. The van der Waals surface area contributed by atoms with Crippen LogP contribution in [0.25, 0.3) is 11.6 Å². The van der Waals surface area contributed by atoms with Crippen LogP contribution < -0.4 is 5.32 Å². The first-order valence-corrected chi connectivity index (χ1v) is 8.45. The molecule has 2 aromatic heterocycles. The van der Waals surface area contributed by atoms with E-state index in [0.717, 1.165) is 45.8 Å². The van der Waals surface area contributed by atoms with E-state index in [1.807, 2.05) is 13.0 Å². The van der Waals surface area contributed by atoms with Crippen LogP contribution in [0.1, 0.15) is 38.4 Å². The first-order chi connectivity index (χ1) is 10.0. The highest BCUT2D eigenvalue weighted by Gasteiger charge is 2.17. The molecule has 5 heteroatoms. The maximum absolute atomic E-state index is 5.55. The molecule has 0 amide bonds. The molecule has 2 rings (SSSR count). The predicted octanol–water partition coefficient (Wildman–Crippen LogP) is 4.67. The van der Waals surface area contributed by atoms with Gasteiger partial charge in [-0.25, -0.2) is 9.97 Å². The molecule has 0 spiro atoms. The lowest BCUT2D eigenvalue weighted by atomic mass is 10.1. The number of rotatable bonds is 6. The van der Waals surface area contributed by atoms with E-state index in [1.54, 1.807) is 6.26 Å². The van der Waals surface area contributed by atoms with Crippen molar-refractivity contribution >= 4 is 28.4 Å². The molecule has 0 unspecified atom stereocenters. The van der Waals surface area contributed by atoms with E-state index in [2.05, 4.69) is 53.7 Å². The number of hydrogen-bond acceptors (Lipinski definition) is 4. The monoisotopic (exact) mass is 399 g/mol. The fourth-order valence-electron chi connectivity index (χ4n) is 2.08. The average Bonchev–Trinajstić information content (AvgIpc) is 2.85. The van der Waals surface area contributed by atoms with Crippen LogP contribution >= 0.6 is 22.6 Å². The molecule has 2 aromatic rings. The Bertz CT molecular complexity index is 608. The zero-order chi connectivity index (χ0) is 15.4. The molecular weight excluding hydrogens is 377 g/mol. The van der Waals surface area contributed by atoms with Crippen LogP contribution in [0.3, 0.4) is 0 Å². The topological polar surface area (TPSA) is 51.0 Å². The molecule has 0 aliphatic rings. The van der Waals surface area contributed by atoms with Crippen molar-refractivity contribution in [3.8, 4) is 11.6 Å². The summed E-state index contributed by atoms with van der Waals surface area (Å²) in [5.74, 6) is 2.90. The van der Waals surface area contributed by atoms with Gasteiger partial charge in [-0.3, -0.25) is 0 Å². The Morgan fingerprint density at radius 3 is 2.67 bits per heavy atom. The van der Waals surface area contributed by atoms with E-state index in [-0.39, 0.29) is 0 Å². The van der Waals surface area contributed by atoms with Crippen molar-refractivity contribution in [2.75, 3.05) is 11.9 Å². The predicted molar refractivity (Wildman–Crippen MR) is 94.5 cm³/mol. The van der Waals surface area contributed by atoms with Crippen LogP contribution in [-0.2, 0) is 6.42 Å². The molecule has 4 nitrogen and oxygen atoms in total. The second-order valence-corrected chi connectivity index (χ2v) is 6.69. The highest BCUT2D eigenvalue weighted by atomic mass is 127. The zero-order valence-corrected chi connectivity index (χ0v) is 15.2. The molecule has 0 fully saturated rings. The SMILES string of the molecule is CCCNc1nc(-c2occc2C)nc(CC(C)C)c1I. The lowest BCUT2D eigenvalue weighted by Gasteiger charge is -2.13. The molecule has 21 heavy (non-hydrogen) atoms. The summed E-state index contributed by atoms with van der Waals surface area (Å²) < 4.78 is 6.67. The van der Waals surface area contributed by atoms with Crippen molar-refractivity contribution in [1.82, 2.24) is 9.97 Å². The molecule has 0 saturated carbocycles. The van der Waals surface area contributed by atoms with Crippen molar-refractivity contribution in [3.05, 3.63) is 27.2 Å². The third-order valence-electron chi connectivity index (χ3n) is 3.13. The Balaban J connectivity index is 2.47. The number of hydrogen-bond donors (Lipinski definition) is 1. The maximum Gasteiger partial charge on any atom is 0.198 e. The molecule has 0 aliphatic heterocycles. The minimum Gasteiger partial charge on any atom is -0.461 e. The van der Waals surface area contributed by atoms with Gasteiger partial charge in [0.2, 0.25) is 0 Å². The summed E-state index contributed by atoms with van der Waals surface area (Å²) in [4.78, 5) is 9.39. The first kappa shape index (κ1) is 16.3. The van der Waals surface area contributed by atoms with E-state index >= 15 is 0 Å². The van der Waals surface area contributed by atoms with Crippen molar-refractivity contribution in [2.45, 2.75) is 40.5 Å². The van der Waals surface area contributed by atoms with E-state index in [0.29, 0.717) is 11.7 Å². The summed E-state index contributed by atoms with van der Waals surface area (Å²) in [7, 11) is 0. The number of halogens is 1. The molecular formula is C16H22IN3O. The Kier molecular flexibility index (Phi) is 5.61. The minimum absolute atomic E-state index is 0.554.